The van der Waals surface area contributed by atoms with E-state index in [1.165, 1.54) is 11.3 Å². The maximum Gasteiger partial charge on any atom is 0.338 e. The summed E-state index contributed by atoms with van der Waals surface area (Å²) in [7, 11) is 0. The minimum Gasteiger partial charge on any atom is -0.493 e. The number of nitrogens with zero attached hydrogens (tertiary/aromatic N) is 1. The van der Waals surface area contributed by atoms with Crippen LogP contribution in [0.15, 0.2) is 40.9 Å². The Hall–Kier alpha value is -2.45. The van der Waals surface area contributed by atoms with Gasteiger partial charge in [0.2, 0.25) is 0 Å². The Morgan fingerprint density at radius 2 is 1.93 bits per heavy atom. The molecule has 0 fully saturated rings. The van der Waals surface area contributed by atoms with Gasteiger partial charge in [0.1, 0.15) is 5.75 Å². The highest BCUT2D eigenvalue weighted by Gasteiger charge is 2.14. The number of amides is 1. The highest BCUT2D eigenvalue weighted by Crippen LogP contribution is 2.29. The molecule has 0 saturated heterocycles. The van der Waals surface area contributed by atoms with Gasteiger partial charge in [-0.25, -0.2) is 9.78 Å². The normalized spacial score (nSPS) is 10.7. The lowest BCUT2D eigenvalue weighted by Gasteiger charge is -2.07. The summed E-state index contributed by atoms with van der Waals surface area (Å²) >= 11 is 4.72. The molecule has 0 unspecified atom stereocenters. The number of unbranched alkanes of at least 4 members (excludes halogenated alkanes) is 1. The van der Waals surface area contributed by atoms with Crippen molar-refractivity contribution < 1.29 is 19.1 Å². The van der Waals surface area contributed by atoms with E-state index in [-0.39, 0.29) is 11.9 Å². The molecule has 1 N–H and O–H groups in total. The molecule has 2 aromatic carbocycles. The topological polar surface area (TPSA) is 77.5 Å². The predicted molar refractivity (Wildman–Crippen MR) is 118 cm³/mol. The number of carbonyl (C=O) groups is 2. The third-order valence-electron chi connectivity index (χ3n) is 4.07. The van der Waals surface area contributed by atoms with Crippen LogP contribution in [0, 0.1) is 0 Å². The summed E-state index contributed by atoms with van der Waals surface area (Å²) in [6, 6.07) is 10.3. The number of aromatic nitrogens is 1. The van der Waals surface area contributed by atoms with Crippen molar-refractivity contribution >= 4 is 54.5 Å². The number of halogens is 1. The first-order valence-corrected chi connectivity index (χ1v) is 10.9. The third kappa shape index (κ3) is 5.33. The van der Waals surface area contributed by atoms with Crippen molar-refractivity contribution in [2.75, 3.05) is 18.5 Å². The fourth-order valence-corrected chi connectivity index (χ4v) is 3.97. The van der Waals surface area contributed by atoms with Crippen molar-refractivity contribution in [2.45, 2.75) is 26.7 Å². The second kappa shape index (κ2) is 9.84. The molecular weight excluding hydrogens is 456 g/mol. The minimum atomic E-state index is -0.349. The number of thiazole rings is 1. The van der Waals surface area contributed by atoms with E-state index in [9.17, 15) is 9.59 Å². The summed E-state index contributed by atoms with van der Waals surface area (Å²) in [5.41, 5.74) is 1.67. The van der Waals surface area contributed by atoms with Gasteiger partial charge in [-0.05, 0) is 65.7 Å². The van der Waals surface area contributed by atoms with Crippen molar-refractivity contribution in [3.63, 3.8) is 0 Å². The summed E-state index contributed by atoms with van der Waals surface area (Å²) < 4.78 is 12.2. The quantitative estimate of drug-likeness (QED) is 0.334. The van der Waals surface area contributed by atoms with Crippen LogP contribution in [-0.4, -0.2) is 30.1 Å². The first-order valence-electron chi connectivity index (χ1n) is 9.33. The number of nitrogens with one attached hydrogen (secondary N) is 1. The van der Waals surface area contributed by atoms with Gasteiger partial charge in [-0.15, -0.1) is 0 Å². The second-order valence-corrected chi connectivity index (χ2v) is 8.11. The number of esters is 1. The fourth-order valence-electron chi connectivity index (χ4n) is 2.58. The van der Waals surface area contributed by atoms with Gasteiger partial charge in [0.15, 0.2) is 5.13 Å². The van der Waals surface area contributed by atoms with Gasteiger partial charge in [0.25, 0.3) is 5.91 Å². The molecule has 0 bridgehead atoms. The molecular formula is C21H21BrN2O4S. The number of anilines is 1. The molecule has 1 amide bonds. The summed E-state index contributed by atoms with van der Waals surface area (Å²) in [5, 5.41) is 3.27. The third-order valence-corrected chi connectivity index (χ3v) is 5.62. The average Bonchev–Trinajstić information content (AvgIpc) is 3.11. The van der Waals surface area contributed by atoms with Crippen molar-refractivity contribution in [2.24, 2.45) is 0 Å². The van der Waals surface area contributed by atoms with Gasteiger partial charge >= 0.3 is 5.97 Å². The summed E-state index contributed by atoms with van der Waals surface area (Å²) in [6.45, 7) is 4.90. The fraction of sp³-hybridized carbons (Fsp3) is 0.286. The monoisotopic (exact) mass is 476 g/mol. The van der Waals surface area contributed by atoms with Gasteiger partial charge in [-0.2, -0.15) is 0 Å². The van der Waals surface area contributed by atoms with E-state index in [4.69, 9.17) is 9.47 Å². The highest BCUT2D eigenvalue weighted by atomic mass is 79.9. The molecule has 0 aliphatic heterocycles. The first kappa shape index (κ1) is 21.3. The maximum atomic E-state index is 12.6. The minimum absolute atomic E-state index is 0.271. The maximum absolute atomic E-state index is 12.6. The SMILES string of the molecule is CCCCOC(=O)c1ccc2nc(NC(=O)c3ccc(OCC)c(Br)c3)sc2c1. The average molecular weight is 477 g/mol. The lowest BCUT2D eigenvalue weighted by Crippen LogP contribution is -2.11. The van der Waals surface area contributed by atoms with Crippen LogP contribution in [-0.2, 0) is 4.74 Å². The number of hydrogen-bond donors (Lipinski definition) is 1. The van der Waals surface area contributed by atoms with Crippen molar-refractivity contribution in [1.82, 2.24) is 4.98 Å². The molecule has 29 heavy (non-hydrogen) atoms. The van der Waals surface area contributed by atoms with Gasteiger partial charge in [-0.1, -0.05) is 24.7 Å². The van der Waals surface area contributed by atoms with Crippen LogP contribution >= 0.6 is 27.3 Å². The molecule has 3 rings (SSSR count). The molecule has 6 nitrogen and oxygen atoms in total. The van der Waals surface area contributed by atoms with E-state index in [2.05, 4.69) is 26.2 Å². The molecule has 8 heteroatoms. The zero-order chi connectivity index (χ0) is 20.8. The Bertz CT molecular complexity index is 1030. The van der Waals surface area contributed by atoms with Crippen LogP contribution in [0.5, 0.6) is 5.75 Å². The van der Waals surface area contributed by atoms with Gasteiger partial charge < -0.3 is 9.47 Å². The van der Waals surface area contributed by atoms with Gasteiger partial charge in [-0.3, -0.25) is 10.1 Å². The molecule has 0 saturated carbocycles. The lowest BCUT2D eigenvalue weighted by molar-refractivity contribution is 0.0500. The van der Waals surface area contributed by atoms with E-state index in [1.54, 1.807) is 36.4 Å². The lowest BCUT2D eigenvalue weighted by atomic mass is 10.2. The summed E-state index contributed by atoms with van der Waals surface area (Å²) in [4.78, 5) is 29.1. The smallest absolute Gasteiger partial charge is 0.338 e. The van der Waals surface area contributed by atoms with Crippen LogP contribution in [0.3, 0.4) is 0 Å². The van der Waals surface area contributed by atoms with E-state index in [1.807, 2.05) is 13.8 Å². The van der Waals surface area contributed by atoms with Gasteiger partial charge in [0.05, 0.1) is 33.5 Å². The van der Waals surface area contributed by atoms with Crippen molar-refractivity contribution in [3.8, 4) is 5.75 Å². The Labute approximate surface area is 181 Å². The molecule has 3 aromatic rings. The predicted octanol–water partition coefficient (Wildman–Crippen LogP) is 5.67. The van der Waals surface area contributed by atoms with Crippen LogP contribution in [0.1, 0.15) is 47.4 Å². The summed E-state index contributed by atoms with van der Waals surface area (Å²) in [6.07, 6.45) is 1.81. The van der Waals surface area contributed by atoms with Crippen LogP contribution in [0.25, 0.3) is 10.2 Å². The number of benzene rings is 2. The van der Waals surface area contributed by atoms with Crippen molar-refractivity contribution in [1.29, 1.82) is 0 Å². The Balaban J connectivity index is 1.72. The zero-order valence-electron chi connectivity index (χ0n) is 16.2. The highest BCUT2D eigenvalue weighted by molar-refractivity contribution is 9.10. The van der Waals surface area contributed by atoms with Gasteiger partial charge in [0, 0.05) is 5.56 Å². The second-order valence-electron chi connectivity index (χ2n) is 6.22. The summed E-state index contributed by atoms with van der Waals surface area (Å²) in [5.74, 6) is 0.0629. The molecule has 0 spiro atoms. The number of fused-ring (bicyclic) bond motifs is 1. The molecule has 0 atom stereocenters. The molecule has 1 heterocycles. The Kier molecular flexibility index (Phi) is 7.22. The first-order chi connectivity index (χ1) is 14.0. The number of ether oxygens (including phenoxy) is 2. The Morgan fingerprint density at radius 1 is 1.14 bits per heavy atom. The zero-order valence-corrected chi connectivity index (χ0v) is 18.6. The molecule has 0 radical (unpaired) electrons. The van der Waals surface area contributed by atoms with Crippen LogP contribution in [0.2, 0.25) is 0 Å². The molecule has 0 aliphatic carbocycles. The number of carbonyl (C=O) groups excluding carboxylic acids is 2. The van der Waals surface area contributed by atoms with E-state index >= 15 is 0 Å². The number of rotatable bonds is 8. The standard InChI is InChI=1S/C21H21BrN2O4S/c1-3-5-10-28-20(26)14-6-8-16-18(12-14)29-21(23-16)24-19(25)13-7-9-17(27-4-2)15(22)11-13/h6-9,11-12H,3-5,10H2,1-2H3,(H,23,24,25). The van der Waals surface area contributed by atoms with Crippen LogP contribution in [0.4, 0.5) is 5.13 Å². The molecule has 1 aromatic heterocycles. The van der Waals surface area contributed by atoms with E-state index < -0.39 is 0 Å². The largest absolute Gasteiger partial charge is 0.493 e. The Morgan fingerprint density at radius 3 is 2.66 bits per heavy atom. The van der Waals surface area contributed by atoms with Crippen molar-refractivity contribution in [3.05, 3.63) is 52.0 Å². The van der Waals surface area contributed by atoms with E-state index in [0.717, 1.165) is 17.5 Å². The number of hydrogen-bond acceptors (Lipinski definition) is 6. The van der Waals surface area contributed by atoms with Crippen LogP contribution < -0.4 is 10.1 Å². The van der Waals surface area contributed by atoms with E-state index in [0.29, 0.717) is 45.2 Å². The molecule has 152 valence electrons. The molecule has 0 aliphatic rings.